The van der Waals surface area contributed by atoms with Gasteiger partial charge in [0.15, 0.2) is 17.2 Å². The number of aromatic nitrogens is 1. The van der Waals surface area contributed by atoms with Crippen LogP contribution in [-0.2, 0) is 16.0 Å². The molecule has 190 valence electrons. The Labute approximate surface area is 211 Å². The van der Waals surface area contributed by atoms with Gasteiger partial charge in [0, 0.05) is 18.2 Å². The standard InChI is InChI=1S/C28H32N2O6/c1-20(22(16-21-10-6-4-7-11-21)17-35-23-12-8-5-9-13-23)36-19-28(2,18-31)30-27(33)25-26(32)24(34-3)14-15-29-25/h4-15,18,20,22,32H,16-17,19H2,1-3H3,(H,30,33)/t20-,22+,28+/m0/s1. The third kappa shape index (κ3) is 7.29. The fourth-order valence-corrected chi connectivity index (χ4v) is 3.62. The molecule has 0 radical (unpaired) electrons. The number of ether oxygens (including phenoxy) is 3. The van der Waals surface area contributed by atoms with Crippen molar-refractivity contribution in [3.05, 3.63) is 84.2 Å². The van der Waals surface area contributed by atoms with Crippen molar-refractivity contribution in [2.45, 2.75) is 31.9 Å². The van der Waals surface area contributed by atoms with Gasteiger partial charge >= 0.3 is 0 Å². The molecule has 0 aliphatic carbocycles. The van der Waals surface area contributed by atoms with Gasteiger partial charge in [-0.15, -0.1) is 0 Å². The molecule has 0 bridgehead atoms. The van der Waals surface area contributed by atoms with Crippen molar-refractivity contribution in [2.75, 3.05) is 20.3 Å². The van der Waals surface area contributed by atoms with Gasteiger partial charge in [0.1, 0.15) is 17.6 Å². The van der Waals surface area contributed by atoms with Crippen molar-refractivity contribution in [3.8, 4) is 17.2 Å². The number of hydrogen-bond acceptors (Lipinski definition) is 7. The third-order valence-electron chi connectivity index (χ3n) is 5.84. The lowest BCUT2D eigenvalue weighted by atomic mass is 9.95. The Morgan fingerprint density at radius 1 is 1.11 bits per heavy atom. The molecule has 0 fully saturated rings. The van der Waals surface area contributed by atoms with Gasteiger partial charge in [0.25, 0.3) is 5.91 Å². The summed E-state index contributed by atoms with van der Waals surface area (Å²) < 4.78 is 17.1. The number of benzene rings is 2. The lowest BCUT2D eigenvalue weighted by molar-refractivity contribution is -0.116. The van der Waals surface area contributed by atoms with E-state index in [1.165, 1.54) is 19.4 Å². The molecule has 0 unspecified atom stereocenters. The summed E-state index contributed by atoms with van der Waals surface area (Å²) in [6.07, 6.45) is 2.36. The van der Waals surface area contributed by atoms with Gasteiger partial charge in [-0.2, -0.15) is 0 Å². The van der Waals surface area contributed by atoms with E-state index in [1.54, 1.807) is 6.92 Å². The molecule has 2 aromatic carbocycles. The van der Waals surface area contributed by atoms with Gasteiger partial charge < -0.3 is 29.4 Å². The van der Waals surface area contributed by atoms with E-state index < -0.39 is 17.2 Å². The van der Waals surface area contributed by atoms with Gasteiger partial charge in [0.2, 0.25) is 0 Å². The predicted molar refractivity (Wildman–Crippen MR) is 135 cm³/mol. The molecule has 1 heterocycles. The van der Waals surface area contributed by atoms with Crippen LogP contribution in [0, 0.1) is 5.92 Å². The van der Waals surface area contributed by atoms with E-state index in [0.29, 0.717) is 19.3 Å². The lowest BCUT2D eigenvalue weighted by Gasteiger charge is -2.30. The molecule has 0 aliphatic rings. The SMILES string of the molecule is COc1ccnc(C(=O)N[C@](C)(C=O)CO[C@@H](C)[C@@H](COc2ccccc2)Cc2ccccc2)c1O. The Morgan fingerprint density at radius 2 is 1.78 bits per heavy atom. The number of rotatable bonds is 13. The fraction of sp³-hybridized carbons (Fsp3) is 0.321. The van der Waals surface area contributed by atoms with E-state index in [-0.39, 0.29) is 30.1 Å². The van der Waals surface area contributed by atoms with Crippen molar-refractivity contribution in [2.24, 2.45) is 5.92 Å². The minimum atomic E-state index is -1.35. The van der Waals surface area contributed by atoms with Crippen LogP contribution in [0.5, 0.6) is 17.2 Å². The highest BCUT2D eigenvalue weighted by Gasteiger charge is 2.31. The number of methoxy groups -OCH3 is 1. The summed E-state index contributed by atoms with van der Waals surface area (Å²) in [6.45, 7) is 3.80. The predicted octanol–water partition coefficient (Wildman–Crippen LogP) is 3.83. The molecule has 3 rings (SSSR count). The molecule has 0 aliphatic heterocycles. The maximum Gasteiger partial charge on any atom is 0.274 e. The second kappa shape index (κ2) is 12.7. The summed E-state index contributed by atoms with van der Waals surface area (Å²) in [5, 5.41) is 12.8. The Bertz CT molecular complexity index is 1130. The van der Waals surface area contributed by atoms with Crippen molar-refractivity contribution in [1.82, 2.24) is 10.3 Å². The molecular weight excluding hydrogens is 460 g/mol. The van der Waals surface area contributed by atoms with Gasteiger partial charge in [-0.3, -0.25) is 4.79 Å². The number of nitrogens with zero attached hydrogens (tertiary/aromatic N) is 1. The summed E-state index contributed by atoms with van der Waals surface area (Å²) in [6, 6.07) is 21.0. The smallest absolute Gasteiger partial charge is 0.274 e. The van der Waals surface area contributed by atoms with Crippen molar-refractivity contribution in [1.29, 1.82) is 0 Å². The number of hydrogen-bond donors (Lipinski definition) is 2. The van der Waals surface area contributed by atoms with Crippen LogP contribution in [0.4, 0.5) is 0 Å². The largest absolute Gasteiger partial charge is 0.503 e. The molecule has 3 aromatic rings. The van der Waals surface area contributed by atoms with E-state index in [0.717, 1.165) is 11.3 Å². The van der Waals surface area contributed by atoms with Gasteiger partial charge in [-0.1, -0.05) is 48.5 Å². The molecule has 1 amide bonds. The van der Waals surface area contributed by atoms with Crippen molar-refractivity contribution < 1.29 is 28.9 Å². The molecule has 0 saturated heterocycles. The number of carbonyl (C=O) groups excluding carboxylic acids is 2. The number of pyridine rings is 1. The zero-order chi connectivity index (χ0) is 26.0. The van der Waals surface area contributed by atoms with Gasteiger partial charge in [0.05, 0.1) is 26.4 Å². The third-order valence-corrected chi connectivity index (χ3v) is 5.84. The van der Waals surface area contributed by atoms with Crippen LogP contribution in [0.2, 0.25) is 0 Å². The number of aromatic hydroxyl groups is 1. The first kappa shape index (κ1) is 26.7. The molecule has 8 nitrogen and oxygen atoms in total. The quantitative estimate of drug-likeness (QED) is 0.349. The van der Waals surface area contributed by atoms with E-state index in [9.17, 15) is 14.7 Å². The highest BCUT2D eigenvalue weighted by molar-refractivity contribution is 5.97. The zero-order valence-corrected chi connectivity index (χ0v) is 20.7. The van der Waals surface area contributed by atoms with Crippen LogP contribution < -0.4 is 14.8 Å². The second-order valence-corrected chi connectivity index (χ2v) is 8.79. The number of aldehydes is 1. The van der Waals surface area contributed by atoms with E-state index in [4.69, 9.17) is 14.2 Å². The molecule has 0 spiro atoms. The molecule has 8 heteroatoms. The number of nitrogens with one attached hydrogen (secondary N) is 1. The van der Waals surface area contributed by atoms with Crippen LogP contribution in [0.15, 0.2) is 72.9 Å². The zero-order valence-electron chi connectivity index (χ0n) is 20.7. The summed E-state index contributed by atoms with van der Waals surface area (Å²) in [5.41, 5.74) is -0.450. The van der Waals surface area contributed by atoms with Gasteiger partial charge in [-0.25, -0.2) is 4.98 Å². The minimum Gasteiger partial charge on any atom is -0.503 e. The fourth-order valence-electron chi connectivity index (χ4n) is 3.62. The van der Waals surface area contributed by atoms with Crippen LogP contribution >= 0.6 is 0 Å². The van der Waals surface area contributed by atoms with E-state index >= 15 is 0 Å². The first-order chi connectivity index (χ1) is 17.3. The summed E-state index contributed by atoms with van der Waals surface area (Å²) in [4.78, 5) is 28.6. The van der Waals surface area contributed by atoms with Crippen molar-refractivity contribution in [3.63, 3.8) is 0 Å². The highest BCUT2D eigenvalue weighted by Crippen LogP contribution is 2.28. The second-order valence-electron chi connectivity index (χ2n) is 8.79. The maximum atomic E-state index is 12.8. The number of para-hydroxylation sites is 1. The highest BCUT2D eigenvalue weighted by atomic mass is 16.5. The summed E-state index contributed by atoms with van der Waals surface area (Å²) in [7, 11) is 1.37. The monoisotopic (exact) mass is 492 g/mol. The first-order valence-corrected chi connectivity index (χ1v) is 11.7. The van der Waals surface area contributed by atoms with Crippen molar-refractivity contribution >= 4 is 12.2 Å². The molecule has 3 atom stereocenters. The average molecular weight is 493 g/mol. The Kier molecular flexibility index (Phi) is 9.41. The molecule has 1 aromatic heterocycles. The topological polar surface area (TPSA) is 107 Å². The van der Waals surface area contributed by atoms with Crippen LogP contribution in [0.25, 0.3) is 0 Å². The Morgan fingerprint density at radius 3 is 2.42 bits per heavy atom. The minimum absolute atomic E-state index is 0.0247. The van der Waals surface area contributed by atoms with Crippen LogP contribution in [0.1, 0.15) is 29.9 Å². The summed E-state index contributed by atoms with van der Waals surface area (Å²) in [5.74, 6) is -0.275. The molecule has 0 saturated carbocycles. The van der Waals surface area contributed by atoms with E-state index in [2.05, 4.69) is 10.3 Å². The maximum absolute atomic E-state index is 12.8. The van der Waals surface area contributed by atoms with E-state index in [1.807, 2.05) is 67.6 Å². The normalized spacial score (nSPS) is 14.2. The Hall–Kier alpha value is -3.91. The lowest BCUT2D eigenvalue weighted by Crippen LogP contribution is -2.52. The average Bonchev–Trinajstić information content (AvgIpc) is 2.91. The first-order valence-electron chi connectivity index (χ1n) is 11.7. The number of carbonyl (C=O) groups is 2. The van der Waals surface area contributed by atoms with Gasteiger partial charge in [-0.05, 0) is 38.0 Å². The molecule has 36 heavy (non-hydrogen) atoms. The summed E-state index contributed by atoms with van der Waals surface area (Å²) >= 11 is 0. The Balaban J connectivity index is 1.67. The number of amides is 1. The van der Waals surface area contributed by atoms with Crippen LogP contribution in [0.3, 0.4) is 0 Å². The molecular formula is C28H32N2O6. The molecule has 2 N–H and O–H groups in total. The van der Waals surface area contributed by atoms with Crippen LogP contribution in [-0.4, -0.2) is 54.3 Å².